The number of thiophene rings is 1. The zero-order valence-corrected chi connectivity index (χ0v) is 28.3. The number of carbonyl (C=O) groups excluding carboxylic acids is 1. The molecule has 0 fully saturated rings. The average molecular weight is 648 g/mol. The van der Waals surface area contributed by atoms with Crippen molar-refractivity contribution in [2.24, 2.45) is 5.73 Å². The SMILES string of the molecule is CCC(CC)(CN)Oc1c(C)n(C(=O)OC(C)(C)C)c2ccc(N(Cc3ccccc3)S(=O)(=O)c3cc4ccccc4s3)cc12. The highest BCUT2D eigenvalue weighted by Gasteiger charge is 2.33. The first-order valence-electron chi connectivity index (χ1n) is 15.1. The number of sulfonamides is 1. The second-order valence-corrected chi connectivity index (χ2v) is 15.4. The summed E-state index contributed by atoms with van der Waals surface area (Å²) in [6.45, 7) is 11.7. The van der Waals surface area contributed by atoms with E-state index in [9.17, 15) is 13.2 Å². The van der Waals surface area contributed by atoms with Gasteiger partial charge in [0.2, 0.25) is 0 Å². The molecule has 0 aliphatic heterocycles. The van der Waals surface area contributed by atoms with Crippen molar-refractivity contribution in [3.8, 4) is 5.75 Å². The molecule has 0 bridgehead atoms. The molecule has 2 aromatic heterocycles. The summed E-state index contributed by atoms with van der Waals surface area (Å²) in [7, 11) is -4.00. The third kappa shape index (κ3) is 6.45. The molecule has 0 radical (unpaired) electrons. The van der Waals surface area contributed by atoms with Gasteiger partial charge in [-0.25, -0.2) is 17.8 Å². The van der Waals surface area contributed by atoms with Crippen LogP contribution in [0, 0.1) is 6.92 Å². The molecule has 0 spiro atoms. The molecule has 5 aromatic rings. The number of anilines is 1. The highest BCUT2D eigenvalue weighted by molar-refractivity contribution is 7.94. The lowest BCUT2D eigenvalue weighted by atomic mass is 9.97. The van der Waals surface area contributed by atoms with Gasteiger partial charge in [-0.15, -0.1) is 11.3 Å². The zero-order chi connectivity index (χ0) is 32.6. The topological polar surface area (TPSA) is 104 Å². The maximum Gasteiger partial charge on any atom is 0.419 e. The van der Waals surface area contributed by atoms with Crippen LogP contribution in [0.2, 0.25) is 0 Å². The first kappa shape index (κ1) is 32.5. The molecule has 0 atom stereocenters. The lowest BCUT2D eigenvalue weighted by Crippen LogP contribution is -2.42. The van der Waals surface area contributed by atoms with Gasteiger partial charge in [0.05, 0.1) is 23.4 Å². The molecule has 10 heteroatoms. The molecule has 0 aliphatic carbocycles. The molecule has 0 amide bonds. The number of hydrogen-bond donors (Lipinski definition) is 1. The van der Waals surface area contributed by atoms with E-state index in [1.807, 2.05) is 89.2 Å². The van der Waals surface area contributed by atoms with Gasteiger partial charge in [0.15, 0.2) is 0 Å². The van der Waals surface area contributed by atoms with E-state index in [4.69, 9.17) is 15.2 Å². The first-order valence-corrected chi connectivity index (χ1v) is 17.4. The number of nitrogens with two attached hydrogens (primary N) is 1. The maximum absolute atomic E-state index is 14.4. The zero-order valence-electron chi connectivity index (χ0n) is 26.7. The van der Waals surface area contributed by atoms with E-state index in [2.05, 4.69) is 0 Å². The van der Waals surface area contributed by atoms with Gasteiger partial charge < -0.3 is 15.2 Å². The maximum atomic E-state index is 14.4. The lowest BCUT2D eigenvalue weighted by molar-refractivity contribution is 0.0527. The fourth-order valence-corrected chi connectivity index (χ4v) is 8.36. The van der Waals surface area contributed by atoms with E-state index in [1.165, 1.54) is 20.2 Å². The van der Waals surface area contributed by atoms with Crippen molar-refractivity contribution >= 4 is 54.1 Å². The van der Waals surface area contributed by atoms with Gasteiger partial charge in [-0.05, 0) is 81.8 Å². The Kier molecular flexibility index (Phi) is 9.04. The Morgan fingerprint density at radius 3 is 2.24 bits per heavy atom. The van der Waals surface area contributed by atoms with Crippen molar-refractivity contribution in [2.75, 3.05) is 10.8 Å². The third-order valence-electron chi connectivity index (χ3n) is 8.09. The van der Waals surface area contributed by atoms with Gasteiger partial charge in [-0.1, -0.05) is 62.4 Å². The number of hydrogen-bond acceptors (Lipinski definition) is 7. The molecule has 3 aromatic carbocycles. The first-order chi connectivity index (χ1) is 21.3. The molecule has 0 unspecified atom stereocenters. The van der Waals surface area contributed by atoms with Gasteiger partial charge in [-0.3, -0.25) is 4.31 Å². The molecule has 0 saturated heterocycles. The summed E-state index contributed by atoms with van der Waals surface area (Å²) in [6.07, 6.45) is 0.759. The molecule has 238 valence electrons. The van der Waals surface area contributed by atoms with Crippen LogP contribution in [0.25, 0.3) is 21.0 Å². The number of benzene rings is 3. The summed E-state index contributed by atoms with van der Waals surface area (Å²) >= 11 is 1.24. The molecular weight excluding hydrogens is 607 g/mol. The molecule has 2 N–H and O–H groups in total. The number of rotatable bonds is 10. The van der Waals surface area contributed by atoms with Crippen LogP contribution in [0.1, 0.15) is 58.7 Å². The van der Waals surface area contributed by atoms with Crippen LogP contribution in [-0.2, 0) is 21.3 Å². The van der Waals surface area contributed by atoms with Crippen molar-refractivity contribution in [1.29, 1.82) is 0 Å². The van der Waals surface area contributed by atoms with Crippen molar-refractivity contribution in [1.82, 2.24) is 4.57 Å². The van der Waals surface area contributed by atoms with E-state index in [-0.39, 0.29) is 17.3 Å². The molecule has 2 heterocycles. The summed E-state index contributed by atoms with van der Waals surface area (Å²) in [6, 6.07) is 24.1. The van der Waals surface area contributed by atoms with Crippen molar-refractivity contribution < 1.29 is 22.7 Å². The fourth-order valence-electron chi connectivity index (χ4n) is 5.40. The Balaban J connectivity index is 1.73. The highest BCUT2D eigenvalue weighted by atomic mass is 32.2. The Morgan fingerprint density at radius 2 is 1.62 bits per heavy atom. The summed E-state index contributed by atoms with van der Waals surface area (Å²) < 4.78 is 45.4. The minimum atomic E-state index is -4.00. The van der Waals surface area contributed by atoms with Gasteiger partial charge in [0.25, 0.3) is 10.0 Å². The number of nitrogens with zero attached hydrogens (tertiary/aromatic N) is 2. The molecular formula is C35H41N3O5S2. The van der Waals surface area contributed by atoms with E-state index < -0.39 is 27.3 Å². The molecule has 0 aliphatic rings. The van der Waals surface area contributed by atoms with Crippen LogP contribution in [0.5, 0.6) is 5.75 Å². The van der Waals surface area contributed by atoms with Gasteiger partial charge in [0, 0.05) is 16.6 Å². The normalized spacial score (nSPS) is 12.5. The van der Waals surface area contributed by atoms with Crippen LogP contribution >= 0.6 is 11.3 Å². The Labute approximate surface area is 269 Å². The average Bonchev–Trinajstić information content (AvgIpc) is 3.57. The standard InChI is InChI=1S/C35H41N3O5S2/c1-7-35(8-2,23-36)42-32-24(3)38(33(39)43-34(4,5)6)29-19-18-27(21-28(29)32)37(22-25-14-10-9-11-15-25)45(40,41)31-20-26-16-12-13-17-30(26)44-31/h9-21H,7-8,22-23,36H2,1-6H3. The smallest absolute Gasteiger partial charge is 0.419 e. The van der Waals surface area contributed by atoms with Crippen LogP contribution in [-0.4, -0.2) is 36.8 Å². The predicted octanol–water partition coefficient (Wildman–Crippen LogP) is 8.24. The summed E-state index contributed by atoms with van der Waals surface area (Å²) in [4.78, 5) is 13.5. The Hall–Kier alpha value is -3.86. The van der Waals surface area contributed by atoms with Gasteiger partial charge in [0.1, 0.15) is 21.2 Å². The number of ether oxygens (including phenoxy) is 2. The van der Waals surface area contributed by atoms with Gasteiger partial charge in [-0.2, -0.15) is 0 Å². The molecule has 0 saturated carbocycles. The monoisotopic (exact) mass is 647 g/mol. The van der Waals surface area contributed by atoms with Crippen molar-refractivity contribution in [3.05, 3.63) is 90.1 Å². The minimum absolute atomic E-state index is 0.113. The van der Waals surface area contributed by atoms with Crippen LogP contribution in [0.15, 0.2) is 83.1 Å². The number of carbonyl (C=O) groups is 1. The largest absolute Gasteiger partial charge is 0.483 e. The van der Waals surface area contributed by atoms with Crippen LogP contribution in [0.3, 0.4) is 0 Å². The quantitative estimate of drug-likeness (QED) is 0.164. The third-order valence-corrected chi connectivity index (χ3v) is 11.4. The van der Waals surface area contributed by atoms with E-state index >= 15 is 0 Å². The van der Waals surface area contributed by atoms with Crippen LogP contribution < -0.4 is 14.8 Å². The number of aromatic nitrogens is 1. The minimum Gasteiger partial charge on any atom is -0.483 e. The van der Waals surface area contributed by atoms with E-state index in [0.29, 0.717) is 40.9 Å². The van der Waals surface area contributed by atoms with Crippen LogP contribution in [0.4, 0.5) is 10.5 Å². The number of fused-ring (bicyclic) bond motifs is 2. The highest BCUT2D eigenvalue weighted by Crippen LogP contribution is 2.41. The second-order valence-electron chi connectivity index (χ2n) is 12.2. The fraction of sp³-hybridized carbons (Fsp3) is 0.343. The van der Waals surface area contributed by atoms with Crippen molar-refractivity contribution in [3.63, 3.8) is 0 Å². The van der Waals surface area contributed by atoms with Gasteiger partial charge >= 0.3 is 6.09 Å². The van der Waals surface area contributed by atoms with E-state index in [0.717, 1.165) is 15.6 Å². The Bertz CT molecular complexity index is 1890. The summed E-state index contributed by atoms with van der Waals surface area (Å²) in [5.74, 6) is 0.478. The lowest BCUT2D eigenvalue weighted by Gasteiger charge is -2.31. The summed E-state index contributed by atoms with van der Waals surface area (Å²) in [5.41, 5.74) is 7.23. The molecule has 5 rings (SSSR count). The summed E-state index contributed by atoms with van der Waals surface area (Å²) in [5, 5.41) is 1.47. The van der Waals surface area contributed by atoms with Crippen molar-refractivity contribution in [2.45, 2.75) is 76.3 Å². The second kappa shape index (κ2) is 12.5. The van der Waals surface area contributed by atoms with E-state index in [1.54, 1.807) is 31.2 Å². The molecule has 45 heavy (non-hydrogen) atoms. The Morgan fingerprint density at radius 1 is 0.956 bits per heavy atom. The predicted molar refractivity (Wildman–Crippen MR) is 183 cm³/mol. The molecule has 8 nitrogen and oxygen atoms in total.